The van der Waals surface area contributed by atoms with E-state index in [1.54, 1.807) is 11.3 Å². The van der Waals surface area contributed by atoms with Crippen LogP contribution < -0.4 is 0 Å². The average Bonchev–Trinajstić information content (AvgIpc) is 3.55. The smallest absolute Gasteiger partial charge is 0.147 e. The van der Waals surface area contributed by atoms with Crippen LogP contribution in [-0.2, 0) is 6.42 Å². The lowest BCUT2D eigenvalue weighted by atomic mass is 10.0. The molecule has 0 N–H and O–H groups in total. The molecule has 0 bridgehead atoms. The van der Waals surface area contributed by atoms with Gasteiger partial charge in [0.1, 0.15) is 5.82 Å². The van der Waals surface area contributed by atoms with E-state index in [2.05, 4.69) is 137 Å². The maximum Gasteiger partial charge on any atom is 0.147 e. The van der Waals surface area contributed by atoms with Crippen molar-refractivity contribution in [2.75, 3.05) is 0 Å². The Morgan fingerprint density at radius 1 is 0.622 bits per heavy atom. The van der Waals surface area contributed by atoms with Crippen LogP contribution >= 0.6 is 11.3 Å². The summed E-state index contributed by atoms with van der Waals surface area (Å²) < 4.78 is 3.59. The topological polar surface area (TPSA) is 17.8 Å². The summed E-state index contributed by atoms with van der Waals surface area (Å²) >= 11 is 1.79. The SMILES string of the molecule is c1ccc(Cc2ccc3c(-c4nc5ccccc5n4-c4ccc(-c5ccccc5)cc4)csc3c2)cc1. The lowest BCUT2D eigenvalue weighted by molar-refractivity contribution is 1.11. The van der Waals surface area contributed by atoms with Crippen LogP contribution in [0.2, 0.25) is 0 Å². The van der Waals surface area contributed by atoms with Crippen molar-refractivity contribution >= 4 is 32.5 Å². The zero-order valence-corrected chi connectivity index (χ0v) is 21.0. The van der Waals surface area contributed by atoms with Gasteiger partial charge in [-0.15, -0.1) is 11.3 Å². The quantitative estimate of drug-likeness (QED) is 0.234. The molecule has 0 aliphatic heterocycles. The van der Waals surface area contributed by atoms with Crippen molar-refractivity contribution < 1.29 is 0 Å². The Balaban J connectivity index is 1.33. The van der Waals surface area contributed by atoms with E-state index in [9.17, 15) is 0 Å². The number of thiophene rings is 1. The highest BCUT2D eigenvalue weighted by Crippen LogP contribution is 2.37. The predicted octanol–water partition coefficient (Wildman–Crippen LogP) is 9.16. The van der Waals surface area contributed by atoms with Gasteiger partial charge in [0.25, 0.3) is 0 Å². The van der Waals surface area contributed by atoms with Crippen LogP contribution in [-0.4, -0.2) is 9.55 Å². The molecule has 0 amide bonds. The summed E-state index contributed by atoms with van der Waals surface area (Å²) in [6, 6.07) is 45.2. The third kappa shape index (κ3) is 4.04. The molecule has 2 nitrogen and oxygen atoms in total. The first-order valence-electron chi connectivity index (χ1n) is 12.5. The van der Waals surface area contributed by atoms with Gasteiger partial charge in [-0.2, -0.15) is 0 Å². The molecule has 0 spiro atoms. The first kappa shape index (κ1) is 21.8. The molecule has 0 aliphatic rings. The summed E-state index contributed by atoms with van der Waals surface area (Å²) in [5, 5.41) is 3.51. The Morgan fingerprint density at radius 3 is 2.14 bits per heavy atom. The van der Waals surface area contributed by atoms with Gasteiger partial charge in [0.05, 0.1) is 11.0 Å². The first-order chi connectivity index (χ1) is 18.3. The molecule has 2 aromatic heterocycles. The van der Waals surface area contributed by atoms with E-state index in [0.717, 1.165) is 29.0 Å². The zero-order chi connectivity index (χ0) is 24.6. The van der Waals surface area contributed by atoms with Gasteiger partial charge in [-0.25, -0.2) is 4.98 Å². The molecular formula is C34H24N2S. The molecule has 0 unspecified atom stereocenters. The largest absolute Gasteiger partial charge is 0.292 e. The number of hydrogen-bond acceptors (Lipinski definition) is 2. The van der Waals surface area contributed by atoms with E-state index in [4.69, 9.17) is 4.98 Å². The van der Waals surface area contributed by atoms with E-state index in [0.29, 0.717) is 0 Å². The fourth-order valence-corrected chi connectivity index (χ4v) is 6.09. The fourth-order valence-electron chi connectivity index (χ4n) is 5.09. The molecule has 0 fully saturated rings. The van der Waals surface area contributed by atoms with Crippen molar-refractivity contribution in [3.63, 3.8) is 0 Å². The van der Waals surface area contributed by atoms with Gasteiger partial charge in [0.2, 0.25) is 0 Å². The number of fused-ring (bicyclic) bond motifs is 2. The summed E-state index contributed by atoms with van der Waals surface area (Å²) in [7, 11) is 0. The van der Waals surface area contributed by atoms with E-state index >= 15 is 0 Å². The highest BCUT2D eigenvalue weighted by atomic mass is 32.1. The van der Waals surface area contributed by atoms with Crippen molar-refractivity contribution in [2.24, 2.45) is 0 Å². The maximum absolute atomic E-state index is 5.12. The first-order valence-corrected chi connectivity index (χ1v) is 13.4. The second-order valence-corrected chi connectivity index (χ2v) is 10.2. The Labute approximate surface area is 220 Å². The fraction of sp³-hybridized carbons (Fsp3) is 0.0294. The average molecular weight is 493 g/mol. The summed E-state index contributed by atoms with van der Waals surface area (Å²) in [5.74, 6) is 0.982. The zero-order valence-electron chi connectivity index (χ0n) is 20.2. The summed E-state index contributed by atoms with van der Waals surface area (Å²) in [6.07, 6.45) is 0.941. The van der Waals surface area contributed by atoms with Crippen molar-refractivity contribution in [3.8, 4) is 28.2 Å². The molecule has 5 aromatic carbocycles. The molecule has 0 saturated carbocycles. The lowest BCUT2D eigenvalue weighted by Crippen LogP contribution is -1.97. The van der Waals surface area contributed by atoms with Crippen LogP contribution in [0.4, 0.5) is 0 Å². The minimum Gasteiger partial charge on any atom is -0.292 e. The predicted molar refractivity (Wildman–Crippen MR) is 157 cm³/mol. The van der Waals surface area contributed by atoms with Crippen LogP contribution in [0.3, 0.4) is 0 Å². The van der Waals surface area contributed by atoms with E-state index < -0.39 is 0 Å². The van der Waals surface area contributed by atoms with Crippen LogP contribution in [0, 0.1) is 0 Å². The minimum atomic E-state index is 0.941. The van der Waals surface area contributed by atoms with Crippen molar-refractivity contribution in [1.82, 2.24) is 9.55 Å². The number of hydrogen-bond donors (Lipinski definition) is 0. The molecule has 2 heterocycles. The summed E-state index contributed by atoms with van der Waals surface area (Å²) in [6.45, 7) is 0. The van der Waals surface area contributed by atoms with Gasteiger partial charge < -0.3 is 0 Å². The van der Waals surface area contributed by atoms with Gasteiger partial charge >= 0.3 is 0 Å². The molecular weight excluding hydrogens is 468 g/mol. The number of rotatable bonds is 5. The third-order valence-electron chi connectivity index (χ3n) is 6.93. The number of nitrogens with zero attached hydrogens (tertiary/aromatic N) is 2. The van der Waals surface area contributed by atoms with Gasteiger partial charge in [-0.05, 0) is 59.0 Å². The summed E-state index contributed by atoms with van der Waals surface area (Å²) in [4.78, 5) is 5.12. The molecule has 7 rings (SSSR count). The van der Waals surface area contributed by atoms with Gasteiger partial charge in [0.15, 0.2) is 0 Å². The second-order valence-electron chi connectivity index (χ2n) is 9.31. The molecule has 37 heavy (non-hydrogen) atoms. The number of para-hydroxylation sites is 2. The van der Waals surface area contributed by atoms with E-state index in [-0.39, 0.29) is 0 Å². The highest BCUT2D eigenvalue weighted by Gasteiger charge is 2.18. The number of aromatic nitrogens is 2. The number of benzene rings is 5. The van der Waals surface area contributed by atoms with Crippen LogP contribution in [0.25, 0.3) is 49.3 Å². The molecule has 3 heteroatoms. The van der Waals surface area contributed by atoms with E-state index in [1.165, 1.54) is 37.9 Å². The Morgan fingerprint density at radius 2 is 1.32 bits per heavy atom. The number of imidazole rings is 1. The normalized spacial score (nSPS) is 11.4. The highest BCUT2D eigenvalue weighted by molar-refractivity contribution is 7.17. The molecule has 0 atom stereocenters. The van der Waals surface area contributed by atoms with Crippen LogP contribution in [0.15, 0.2) is 133 Å². The van der Waals surface area contributed by atoms with Crippen LogP contribution in [0.1, 0.15) is 11.1 Å². The lowest BCUT2D eigenvalue weighted by Gasteiger charge is -2.11. The van der Waals surface area contributed by atoms with Crippen molar-refractivity contribution in [2.45, 2.75) is 6.42 Å². The van der Waals surface area contributed by atoms with Gasteiger partial charge in [0, 0.05) is 26.7 Å². The Hall–Kier alpha value is -4.47. The third-order valence-corrected chi connectivity index (χ3v) is 7.87. The van der Waals surface area contributed by atoms with Crippen molar-refractivity contribution in [1.29, 1.82) is 0 Å². The van der Waals surface area contributed by atoms with Crippen LogP contribution in [0.5, 0.6) is 0 Å². The van der Waals surface area contributed by atoms with Crippen molar-refractivity contribution in [3.05, 3.63) is 144 Å². The summed E-state index contributed by atoms with van der Waals surface area (Å²) in [5.41, 5.74) is 9.51. The maximum atomic E-state index is 5.12. The molecule has 0 saturated heterocycles. The molecule has 7 aromatic rings. The van der Waals surface area contributed by atoms with Gasteiger partial charge in [-0.1, -0.05) is 97.1 Å². The Kier molecular flexibility index (Phi) is 5.41. The molecule has 0 radical (unpaired) electrons. The minimum absolute atomic E-state index is 0.941. The molecule has 176 valence electrons. The van der Waals surface area contributed by atoms with E-state index in [1.807, 2.05) is 0 Å². The monoisotopic (exact) mass is 492 g/mol. The van der Waals surface area contributed by atoms with Gasteiger partial charge in [-0.3, -0.25) is 4.57 Å². The Bertz CT molecular complexity index is 1830. The second kappa shape index (κ2) is 9.20. The molecule has 0 aliphatic carbocycles. The standard InChI is InChI=1S/C34H24N2S/c1-3-9-24(10-4-1)21-25-15-20-29-30(23-37-33(29)22-25)34-35-31-13-7-8-14-32(31)36(34)28-18-16-27(17-19-28)26-11-5-2-6-12-26/h1-20,22-23H,21H2.